The number of hydrogen-bond acceptors (Lipinski definition) is 9. The second kappa shape index (κ2) is 20.2. The Balaban J connectivity index is 0.000000286. The maximum atomic E-state index is 12.8. The molecule has 0 saturated heterocycles. The number of hydrogen-bond donors (Lipinski definition) is 3. The minimum absolute atomic E-state index is 0.109. The number of nitrogens with one attached hydrogen (secondary N) is 3. The molecule has 3 amide bonds. The number of aryl methyl sites for hydroxylation is 4. The number of carbonyl (C=O) groups excluding carboxylic acids is 3. The van der Waals surface area contributed by atoms with E-state index in [1.165, 1.54) is 38.2 Å². The largest absolute Gasteiger partial charge is 0.453 e. The van der Waals surface area contributed by atoms with Gasteiger partial charge in [-0.2, -0.15) is 0 Å². The lowest BCUT2D eigenvalue weighted by Gasteiger charge is -2.32. The van der Waals surface area contributed by atoms with Gasteiger partial charge in [0.1, 0.15) is 5.60 Å². The van der Waals surface area contributed by atoms with Gasteiger partial charge >= 0.3 is 18.3 Å². The second-order valence-corrected chi connectivity index (χ2v) is 14.5. The highest BCUT2D eigenvalue weighted by atomic mass is 16.6. The van der Waals surface area contributed by atoms with Crippen molar-refractivity contribution >= 4 is 18.3 Å². The van der Waals surface area contributed by atoms with Crippen molar-refractivity contribution in [2.75, 3.05) is 27.3 Å². The molecule has 0 aromatic carbocycles. The normalized spacial score (nSPS) is 15.1. The summed E-state index contributed by atoms with van der Waals surface area (Å²) in [6.45, 7) is 15.3. The Morgan fingerprint density at radius 2 is 1.31 bits per heavy atom. The number of methoxy groups -OCH3 is 2. The highest BCUT2D eigenvalue weighted by Crippen LogP contribution is 2.36. The molecule has 0 bridgehead atoms. The first kappa shape index (κ1) is 41.5. The van der Waals surface area contributed by atoms with Crippen LogP contribution in [0.5, 0.6) is 0 Å². The van der Waals surface area contributed by atoms with Gasteiger partial charge in [-0.3, -0.25) is 14.9 Å². The molecule has 2 aromatic heterocycles. The standard InChI is InChI=1S/C22H35N3O4.C17H27N3O2/c1-7-19-16(9-8-12-23-20(26)28-6)13-17(14-24-19)15(2)25(18-10-11-18)21(27)29-22(3,4)5;1-4-16-13(6-5-9-18-17(21)22-3)10-14(11-19-16)12(2)20-15-7-8-15/h13-15,18H,7-12H2,1-6H3,(H,23,26);10-12,15,20H,4-9H2,1-3H3,(H,18,21). The van der Waals surface area contributed by atoms with Crippen molar-refractivity contribution in [3.05, 3.63) is 58.2 Å². The van der Waals surface area contributed by atoms with E-state index in [0.29, 0.717) is 25.2 Å². The Bertz CT molecular complexity index is 1420. The number of pyridine rings is 2. The predicted molar refractivity (Wildman–Crippen MR) is 199 cm³/mol. The summed E-state index contributed by atoms with van der Waals surface area (Å²) in [6, 6.07) is 5.57. The van der Waals surface area contributed by atoms with Crippen LogP contribution in [0.4, 0.5) is 14.4 Å². The average Bonchev–Trinajstić information content (AvgIpc) is 4.05. The van der Waals surface area contributed by atoms with Crippen molar-refractivity contribution in [1.29, 1.82) is 0 Å². The molecule has 2 atom stereocenters. The first-order valence-corrected chi connectivity index (χ1v) is 18.7. The van der Waals surface area contributed by atoms with Gasteiger partial charge in [-0.25, -0.2) is 14.4 Å². The zero-order valence-electron chi connectivity index (χ0n) is 32.4. The molecule has 51 heavy (non-hydrogen) atoms. The fraction of sp³-hybridized carbons (Fsp3) is 0.667. The van der Waals surface area contributed by atoms with Gasteiger partial charge in [0.15, 0.2) is 0 Å². The summed E-state index contributed by atoms with van der Waals surface area (Å²) in [7, 11) is 2.74. The molecular formula is C39H62N6O6. The Morgan fingerprint density at radius 3 is 1.75 bits per heavy atom. The van der Waals surface area contributed by atoms with Crippen molar-refractivity contribution in [1.82, 2.24) is 30.8 Å². The highest BCUT2D eigenvalue weighted by molar-refractivity contribution is 5.70. The van der Waals surface area contributed by atoms with Crippen molar-refractivity contribution in [2.24, 2.45) is 0 Å². The predicted octanol–water partition coefficient (Wildman–Crippen LogP) is 7.14. The zero-order chi connectivity index (χ0) is 37.6. The van der Waals surface area contributed by atoms with E-state index in [4.69, 9.17) is 4.74 Å². The van der Waals surface area contributed by atoms with Crippen LogP contribution >= 0.6 is 0 Å². The van der Waals surface area contributed by atoms with Gasteiger partial charge in [-0.15, -0.1) is 0 Å². The van der Waals surface area contributed by atoms with Gasteiger partial charge in [-0.1, -0.05) is 26.0 Å². The SMILES string of the molecule is CCc1ncc(C(C)N(C(=O)OC(C)(C)C)C2CC2)cc1CCCNC(=O)OC.CCc1ncc(C(C)NC2CC2)cc1CCCNC(=O)OC. The Morgan fingerprint density at radius 1 is 0.824 bits per heavy atom. The molecule has 2 unspecified atom stereocenters. The summed E-state index contributed by atoms with van der Waals surface area (Å²) in [6.07, 6.45) is 12.6. The molecule has 0 radical (unpaired) electrons. The van der Waals surface area contributed by atoms with E-state index < -0.39 is 11.7 Å². The number of nitrogens with zero attached hydrogens (tertiary/aromatic N) is 3. The molecule has 0 aliphatic heterocycles. The second-order valence-electron chi connectivity index (χ2n) is 14.5. The number of aromatic nitrogens is 2. The van der Waals surface area contributed by atoms with Crippen LogP contribution in [-0.4, -0.2) is 78.1 Å². The van der Waals surface area contributed by atoms with Gasteiger partial charge in [0, 0.05) is 55.0 Å². The Kier molecular flexibility index (Phi) is 16.4. The molecule has 2 heterocycles. The summed E-state index contributed by atoms with van der Waals surface area (Å²) in [5, 5.41) is 9.03. The third-order valence-electron chi connectivity index (χ3n) is 8.99. The number of carbonyl (C=O) groups is 3. The maximum absolute atomic E-state index is 12.8. The minimum Gasteiger partial charge on any atom is -0.453 e. The van der Waals surface area contributed by atoms with Crippen LogP contribution in [0.25, 0.3) is 0 Å². The number of ether oxygens (including phenoxy) is 3. The first-order valence-electron chi connectivity index (χ1n) is 18.7. The highest BCUT2D eigenvalue weighted by Gasteiger charge is 2.39. The fourth-order valence-electron chi connectivity index (χ4n) is 5.88. The van der Waals surface area contributed by atoms with E-state index in [9.17, 15) is 14.4 Å². The number of amides is 3. The monoisotopic (exact) mass is 710 g/mol. The van der Waals surface area contributed by atoms with Gasteiger partial charge in [-0.05, 0) is 121 Å². The van der Waals surface area contributed by atoms with E-state index in [0.717, 1.165) is 73.9 Å². The molecule has 2 saturated carbocycles. The van der Waals surface area contributed by atoms with Gasteiger partial charge in [0.2, 0.25) is 0 Å². The quantitative estimate of drug-likeness (QED) is 0.122. The molecule has 3 N–H and O–H groups in total. The van der Waals surface area contributed by atoms with Gasteiger partial charge < -0.3 is 30.2 Å². The zero-order valence-corrected chi connectivity index (χ0v) is 32.4. The number of alkyl carbamates (subject to hydrolysis) is 2. The molecule has 12 nitrogen and oxygen atoms in total. The fourth-order valence-corrected chi connectivity index (χ4v) is 5.88. The molecular weight excluding hydrogens is 648 g/mol. The lowest BCUT2D eigenvalue weighted by atomic mass is 10.0. The van der Waals surface area contributed by atoms with Crippen molar-refractivity contribution in [3.63, 3.8) is 0 Å². The molecule has 2 aliphatic rings. The molecule has 284 valence electrons. The summed E-state index contributed by atoms with van der Waals surface area (Å²) in [4.78, 5) is 46.2. The Labute approximate surface area is 305 Å². The van der Waals surface area contributed by atoms with Crippen molar-refractivity contribution in [3.8, 4) is 0 Å². The summed E-state index contributed by atoms with van der Waals surface area (Å²) < 4.78 is 14.8. The summed E-state index contributed by atoms with van der Waals surface area (Å²) in [5.41, 5.74) is 6.39. The lowest BCUT2D eigenvalue weighted by Crippen LogP contribution is -2.40. The van der Waals surface area contributed by atoms with Crippen molar-refractivity contribution in [2.45, 2.75) is 142 Å². The van der Waals surface area contributed by atoms with Crippen LogP contribution in [0.1, 0.15) is 133 Å². The molecule has 4 rings (SSSR count). The molecule has 2 aliphatic carbocycles. The van der Waals surface area contributed by atoms with Crippen LogP contribution in [0.15, 0.2) is 24.5 Å². The van der Waals surface area contributed by atoms with Crippen LogP contribution < -0.4 is 16.0 Å². The van der Waals surface area contributed by atoms with E-state index >= 15 is 0 Å². The third kappa shape index (κ3) is 14.3. The minimum atomic E-state index is -0.522. The Hall–Kier alpha value is -3.93. The van der Waals surface area contributed by atoms with Crippen LogP contribution in [0.2, 0.25) is 0 Å². The van der Waals surface area contributed by atoms with Crippen LogP contribution in [0, 0.1) is 0 Å². The maximum Gasteiger partial charge on any atom is 0.411 e. The smallest absolute Gasteiger partial charge is 0.411 e. The van der Waals surface area contributed by atoms with Gasteiger partial charge in [0.05, 0.1) is 20.3 Å². The third-order valence-corrected chi connectivity index (χ3v) is 8.99. The molecule has 12 heteroatoms. The van der Waals surface area contributed by atoms with E-state index in [1.807, 2.05) is 45.0 Å². The first-order chi connectivity index (χ1) is 24.3. The van der Waals surface area contributed by atoms with Crippen LogP contribution in [-0.2, 0) is 39.9 Å². The summed E-state index contributed by atoms with van der Waals surface area (Å²) >= 11 is 0. The lowest BCUT2D eigenvalue weighted by molar-refractivity contribution is 0.0153. The molecule has 2 aromatic rings. The van der Waals surface area contributed by atoms with Crippen LogP contribution in [0.3, 0.4) is 0 Å². The number of rotatable bonds is 16. The van der Waals surface area contributed by atoms with E-state index in [1.54, 1.807) is 0 Å². The van der Waals surface area contributed by atoms with Crippen molar-refractivity contribution < 1.29 is 28.6 Å². The molecule has 0 spiro atoms. The topological polar surface area (TPSA) is 144 Å². The van der Waals surface area contributed by atoms with Gasteiger partial charge in [0.25, 0.3) is 0 Å². The van der Waals surface area contributed by atoms with E-state index in [2.05, 4.69) is 68.3 Å². The molecule has 2 fully saturated rings. The average molecular weight is 711 g/mol. The van der Waals surface area contributed by atoms with E-state index in [-0.39, 0.29) is 24.3 Å². The summed E-state index contributed by atoms with van der Waals surface area (Å²) in [5.74, 6) is 0.